The van der Waals surface area contributed by atoms with Crippen LogP contribution < -0.4 is 15.7 Å². The number of aryl methyl sites for hydroxylation is 2. The Morgan fingerprint density at radius 3 is 2.70 bits per heavy atom. The van der Waals surface area contributed by atoms with E-state index in [4.69, 9.17) is 9.15 Å². The lowest BCUT2D eigenvalue weighted by Crippen LogP contribution is -2.27. The van der Waals surface area contributed by atoms with E-state index in [0.717, 1.165) is 5.56 Å². The molecule has 0 saturated carbocycles. The number of nitrogens with one attached hydrogen (secondary N) is 1. The van der Waals surface area contributed by atoms with Crippen molar-refractivity contribution < 1.29 is 19.1 Å². The van der Waals surface area contributed by atoms with Crippen LogP contribution >= 0.6 is 0 Å². The summed E-state index contributed by atoms with van der Waals surface area (Å²) in [7, 11) is 1.58. The van der Waals surface area contributed by atoms with Gasteiger partial charge in [0.25, 0.3) is 0 Å². The van der Waals surface area contributed by atoms with Crippen molar-refractivity contribution in [2.45, 2.75) is 26.8 Å². The zero-order valence-electron chi connectivity index (χ0n) is 15.5. The second-order valence-electron chi connectivity index (χ2n) is 6.38. The maximum absolute atomic E-state index is 12.4. The van der Waals surface area contributed by atoms with E-state index in [1.165, 1.54) is 0 Å². The first-order chi connectivity index (χ1) is 12.9. The fraction of sp³-hybridized carbons (Fsp3) is 0.238. The average molecular weight is 367 g/mol. The summed E-state index contributed by atoms with van der Waals surface area (Å²) in [6, 6.07) is 10.6. The molecule has 6 nitrogen and oxygen atoms in total. The van der Waals surface area contributed by atoms with Crippen LogP contribution in [0.4, 0.5) is 0 Å². The molecule has 140 valence electrons. The number of aromatic hydroxyl groups is 1. The van der Waals surface area contributed by atoms with Gasteiger partial charge in [0.2, 0.25) is 5.91 Å². The van der Waals surface area contributed by atoms with Crippen molar-refractivity contribution in [3.05, 3.63) is 69.1 Å². The zero-order chi connectivity index (χ0) is 19.6. The zero-order valence-corrected chi connectivity index (χ0v) is 15.5. The molecule has 3 rings (SSSR count). The average Bonchev–Trinajstić information content (AvgIpc) is 2.67. The van der Waals surface area contributed by atoms with Crippen LogP contribution in [0.3, 0.4) is 0 Å². The molecular formula is C21H21NO5. The summed E-state index contributed by atoms with van der Waals surface area (Å²) in [5.41, 5.74) is 2.18. The van der Waals surface area contributed by atoms with Crippen molar-refractivity contribution in [2.75, 3.05) is 7.11 Å². The summed E-state index contributed by atoms with van der Waals surface area (Å²) in [5, 5.41) is 13.3. The number of methoxy groups -OCH3 is 1. The molecular weight excluding hydrogens is 346 g/mol. The van der Waals surface area contributed by atoms with E-state index >= 15 is 0 Å². The molecule has 0 aliphatic carbocycles. The van der Waals surface area contributed by atoms with E-state index in [0.29, 0.717) is 40.0 Å². The second-order valence-corrected chi connectivity index (χ2v) is 6.38. The molecule has 0 saturated heterocycles. The lowest BCUT2D eigenvalue weighted by atomic mass is 10.0. The smallest absolute Gasteiger partial charge is 0.340 e. The van der Waals surface area contributed by atoms with Gasteiger partial charge in [0.15, 0.2) is 0 Å². The third-order valence-corrected chi connectivity index (χ3v) is 4.64. The predicted molar refractivity (Wildman–Crippen MR) is 102 cm³/mol. The van der Waals surface area contributed by atoms with Crippen molar-refractivity contribution in [3.63, 3.8) is 0 Å². The molecule has 3 aromatic rings. The first-order valence-electron chi connectivity index (χ1n) is 8.55. The molecule has 1 heterocycles. The van der Waals surface area contributed by atoms with Gasteiger partial charge >= 0.3 is 5.63 Å². The monoisotopic (exact) mass is 367 g/mol. The first-order valence-corrected chi connectivity index (χ1v) is 8.55. The van der Waals surface area contributed by atoms with Gasteiger partial charge in [-0.15, -0.1) is 0 Å². The van der Waals surface area contributed by atoms with Crippen molar-refractivity contribution in [3.8, 4) is 11.5 Å². The number of carbonyl (C=O) groups excluding carboxylic acids is 1. The third-order valence-electron chi connectivity index (χ3n) is 4.64. The summed E-state index contributed by atoms with van der Waals surface area (Å²) in [6.07, 6.45) is -0.0754. The van der Waals surface area contributed by atoms with Crippen molar-refractivity contribution in [1.82, 2.24) is 5.32 Å². The molecule has 1 aromatic heterocycles. The minimum Gasteiger partial charge on any atom is -0.508 e. The number of phenolic OH excluding ortho intramolecular Hbond substituents is 1. The molecule has 1 amide bonds. The largest absolute Gasteiger partial charge is 0.508 e. The Morgan fingerprint density at radius 1 is 1.19 bits per heavy atom. The number of carbonyl (C=O) groups is 1. The van der Waals surface area contributed by atoms with Gasteiger partial charge in [0.1, 0.15) is 17.1 Å². The molecule has 0 radical (unpaired) electrons. The van der Waals surface area contributed by atoms with E-state index in [9.17, 15) is 14.7 Å². The summed E-state index contributed by atoms with van der Waals surface area (Å²) in [5.74, 6) is 0.503. The molecule has 0 aliphatic heterocycles. The molecule has 0 fully saturated rings. The van der Waals surface area contributed by atoms with Crippen molar-refractivity contribution in [1.29, 1.82) is 0 Å². The number of hydrogen-bond donors (Lipinski definition) is 2. The quantitative estimate of drug-likeness (QED) is 0.677. The number of benzene rings is 2. The molecule has 0 bridgehead atoms. The Labute approximate surface area is 156 Å². The van der Waals surface area contributed by atoms with Gasteiger partial charge in [0, 0.05) is 17.5 Å². The van der Waals surface area contributed by atoms with Crippen LogP contribution in [0.5, 0.6) is 11.5 Å². The third kappa shape index (κ3) is 3.79. The van der Waals surface area contributed by atoms with Gasteiger partial charge in [-0.2, -0.15) is 0 Å². The molecule has 0 aliphatic rings. The topological polar surface area (TPSA) is 88.8 Å². The predicted octanol–water partition coefficient (Wildman–Crippen LogP) is 2.98. The Kier molecular flexibility index (Phi) is 5.16. The van der Waals surface area contributed by atoms with Crippen LogP contribution in [0.2, 0.25) is 0 Å². The summed E-state index contributed by atoms with van der Waals surface area (Å²) >= 11 is 0. The van der Waals surface area contributed by atoms with E-state index in [-0.39, 0.29) is 18.1 Å². The highest BCUT2D eigenvalue weighted by Crippen LogP contribution is 2.28. The van der Waals surface area contributed by atoms with Gasteiger partial charge in [-0.05, 0) is 49.2 Å². The number of ether oxygens (including phenoxy) is 1. The Balaban J connectivity index is 1.80. The van der Waals surface area contributed by atoms with E-state index in [1.54, 1.807) is 33.1 Å². The SMILES string of the molecule is COc1cccc(CNC(=O)Cc2c(C)c3ccc(O)c(C)c3oc2=O)c1. The highest BCUT2D eigenvalue weighted by Gasteiger charge is 2.17. The Hall–Kier alpha value is -3.28. The maximum atomic E-state index is 12.4. The summed E-state index contributed by atoms with van der Waals surface area (Å²) < 4.78 is 10.5. The van der Waals surface area contributed by atoms with Crippen molar-refractivity contribution >= 4 is 16.9 Å². The summed E-state index contributed by atoms with van der Waals surface area (Å²) in [6.45, 7) is 3.79. The molecule has 0 atom stereocenters. The van der Waals surface area contributed by atoms with Crippen LogP contribution in [0.15, 0.2) is 45.6 Å². The number of hydrogen-bond acceptors (Lipinski definition) is 5. The number of amides is 1. The Bertz CT molecular complexity index is 1070. The fourth-order valence-corrected chi connectivity index (χ4v) is 2.99. The lowest BCUT2D eigenvalue weighted by Gasteiger charge is -2.11. The number of rotatable bonds is 5. The standard InChI is InChI=1S/C21H21NO5/c1-12-16-7-8-18(23)13(2)20(16)27-21(25)17(12)10-19(24)22-11-14-5-4-6-15(9-14)26-3/h4-9,23H,10-11H2,1-3H3,(H,22,24). The second kappa shape index (κ2) is 7.53. The number of phenols is 1. The Morgan fingerprint density at radius 2 is 1.96 bits per heavy atom. The van der Waals surface area contributed by atoms with Crippen LogP contribution in [-0.4, -0.2) is 18.1 Å². The summed E-state index contributed by atoms with van der Waals surface area (Å²) in [4.78, 5) is 24.7. The molecule has 27 heavy (non-hydrogen) atoms. The number of fused-ring (bicyclic) bond motifs is 1. The fourth-order valence-electron chi connectivity index (χ4n) is 2.99. The molecule has 2 N–H and O–H groups in total. The molecule has 0 spiro atoms. The van der Waals surface area contributed by atoms with Crippen LogP contribution in [0.25, 0.3) is 11.0 Å². The van der Waals surface area contributed by atoms with E-state index < -0.39 is 5.63 Å². The molecule has 0 unspecified atom stereocenters. The van der Waals surface area contributed by atoms with Gasteiger partial charge in [0.05, 0.1) is 19.1 Å². The maximum Gasteiger partial charge on any atom is 0.340 e. The van der Waals surface area contributed by atoms with Gasteiger partial charge in [-0.3, -0.25) is 4.79 Å². The van der Waals surface area contributed by atoms with Gasteiger partial charge < -0.3 is 19.6 Å². The van der Waals surface area contributed by atoms with Gasteiger partial charge in [-0.1, -0.05) is 12.1 Å². The van der Waals surface area contributed by atoms with Crippen LogP contribution in [-0.2, 0) is 17.8 Å². The lowest BCUT2D eigenvalue weighted by molar-refractivity contribution is -0.120. The van der Waals surface area contributed by atoms with Gasteiger partial charge in [-0.25, -0.2) is 4.79 Å². The van der Waals surface area contributed by atoms with Crippen LogP contribution in [0, 0.1) is 13.8 Å². The highest BCUT2D eigenvalue weighted by atomic mass is 16.5. The van der Waals surface area contributed by atoms with Crippen LogP contribution in [0.1, 0.15) is 22.3 Å². The normalized spacial score (nSPS) is 10.8. The molecule has 2 aromatic carbocycles. The van der Waals surface area contributed by atoms with Crippen molar-refractivity contribution in [2.24, 2.45) is 0 Å². The van der Waals surface area contributed by atoms with E-state index in [2.05, 4.69) is 5.32 Å². The highest BCUT2D eigenvalue weighted by molar-refractivity contribution is 5.87. The van der Waals surface area contributed by atoms with E-state index in [1.807, 2.05) is 24.3 Å². The first kappa shape index (κ1) is 18.5. The molecule has 6 heteroatoms. The minimum absolute atomic E-state index is 0.0637. The minimum atomic E-state index is -0.565.